The molecule has 3 nitrogen and oxygen atoms in total. The summed E-state index contributed by atoms with van der Waals surface area (Å²) < 4.78 is 0. The summed E-state index contributed by atoms with van der Waals surface area (Å²) >= 11 is 0. The van der Waals surface area contributed by atoms with E-state index in [0.29, 0.717) is 11.8 Å². The number of carbonyl (C=O) groups is 1. The molecule has 0 unspecified atom stereocenters. The molecule has 0 aliphatic heterocycles. The Morgan fingerprint density at radius 2 is 2.06 bits per heavy atom. The minimum absolute atomic E-state index is 0.148. The van der Waals surface area contributed by atoms with Gasteiger partial charge in [-0.05, 0) is 37.7 Å². The monoisotopic (exact) mass is 247 g/mol. The van der Waals surface area contributed by atoms with Gasteiger partial charge in [0.05, 0.1) is 6.54 Å². The summed E-state index contributed by atoms with van der Waals surface area (Å²) in [5.74, 6) is 0.510. The molecule has 0 spiro atoms. The number of nitrogens with zero attached hydrogens (tertiary/aromatic N) is 1. The van der Waals surface area contributed by atoms with Crippen LogP contribution in [0.3, 0.4) is 0 Å². The fourth-order valence-electron chi connectivity index (χ4n) is 2.49. The molecule has 0 radical (unpaired) electrons. The van der Waals surface area contributed by atoms with Crippen LogP contribution in [0.15, 0.2) is 30.3 Å². The van der Waals surface area contributed by atoms with Gasteiger partial charge < -0.3 is 5.11 Å². The first kappa shape index (κ1) is 13.1. The summed E-state index contributed by atoms with van der Waals surface area (Å²) in [5.41, 5.74) is 1.39. The summed E-state index contributed by atoms with van der Waals surface area (Å²) in [7, 11) is 0. The molecule has 1 aliphatic rings. The van der Waals surface area contributed by atoms with Gasteiger partial charge in [-0.2, -0.15) is 0 Å². The smallest absolute Gasteiger partial charge is 0.317 e. The molecule has 98 valence electrons. The maximum absolute atomic E-state index is 10.8. The van der Waals surface area contributed by atoms with E-state index >= 15 is 0 Å². The summed E-state index contributed by atoms with van der Waals surface area (Å²) in [5, 5.41) is 8.91. The number of benzene rings is 1. The van der Waals surface area contributed by atoms with Crippen LogP contribution in [0.25, 0.3) is 0 Å². The van der Waals surface area contributed by atoms with Gasteiger partial charge >= 0.3 is 5.97 Å². The van der Waals surface area contributed by atoms with Gasteiger partial charge in [0.2, 0.25) is 0 Å². The SMILES string of the molecule is CC(C)N(CC(=O)O)C[C@@H]1C[C@H]1c1ccccc1. The zero-order chi connectivity index (χ0) is 13.1. The van der Waals surface area contributed by atoms with Gasteiger partial charge in [0.25, 0.3) is 0 Å². The first-order valence-corrected chi connectivity index (χ1v) is 6.58. The standard InChI is InChI=1S/C15H21NO2/c1-11(2)16(10-15(17)18)9-13-8-14(13)12-6-4-3-5-7-12/h3-7,11,13-14H,8-10H2,1-2H3,(H,17,18)/t13-,14-/m0/s1. The highest BCUT2D eigenvalue weighted by Crippen LogP contribution is 2.47. The van der Waals surface area contributed by atoms with Crippen molar-refractivity contribution in [1.29, 1.82) is 0 Å². The second-order valence-corrected chi connectivity index (χ2v) is 5.43. The van der Waals surface area contributed by atoms with Gasteiger partial charge in [-0.25, -0.2) is 0 Å². The number of rotatable bonds is 6. The molecule has 1 aromatic rings. The van der Waals surface area contributed by atoms with E-state index in [1.165, 1.54) is 12.0 Å². The normalized spacial score (nSPS) is 22.4. The van der Waals surface area contributed by atoms with Crippen molar-refractivity contribution in [2.75, 3.05) is 13.1 Å². The molecule has 2 atom stereocenters. The molecular formula is C15H21NO2. The third-order valence-electron chi connectivity index (χ3n) is 3.69. The Kier molecular flexibility index (Phi) is 4.02. The Hall–Kier alpha value is -1.35. The van der Waals surface area contributed by atoms with Crippen LogP contribution in [0.4, 0.5) is 0 Å². The number of carboxylic acids is 1. The quantitative estimate of drug-likeness (QED) is 0.840. The van der Waals surface area contributed by atoms with Crippen LogP contribution >= 0.6 is 0 Å². The van der Waals surface area contributed by atoms with E-state index in [-0.39, 0.29) is 12.6 Å². The lowest BCUT2D eigenvalue weighted by molar-refractivity contribution is -0.138. The molecular weight excluding hydrogens is 226 g/mol. The number of aliphatic carboxylic acids is 1. The molecule has 2 rings (SSSR count). The largest absolute Gasteiger partial charge is 0.480 e. The van der Waals surface area contributed by atoms with Crippen molar-refractivity contribution in [3.8, 4) is 0 Å². The molecule has 1 saturated carbocycles. The van der Waals surface area contributed by atoms with E-state index in [4.69, 9.17) is 5.11 Å². The Morgan fingerprint density at radius 3 is 2.61 bits per heavy atom. The number of carboxylic acid groups (broad SMARTS) is 1. The molecule has 3 heteroatoms. The van der Waals surface area contributed by atoms with Crippen molar-refractivity contribution in [3.05, 3.63) is 35.9 Å². The van der Waals surface area contributed by atoms with Crippen LogP contribution in [0.5, 0.6) is 0 Å². The molecule has 18 heavy (non-hydrogen) atoms. The average Bonchev–Trinajstić information content (AvgIpc) is 3.08. The lowest BCUT2D eigenvalue weighted by Crippen LogP contribution is -2.37. The number of hydrogen-bond acceptors (Lipinski definition) is 2. The zero-order valence-corrected chi connectivity index (χ0v) is 11.0. The first-order valence-electron chi connectivity index (χ1n) is 6.58. The lowest BCUT2D eigenvalue weighted by Gasteiger charge is -2.24. The summed E-state index contributed by atoms with van der Waals surface area (Å²) in [6.45, 7) is 5.16. The molecule has 1 fully saturated rings. The van der Waals surface area contributed by atoms with Gasteiger partial charge in [0.1, 0.15) is 0 Å². The summed E-state index contributed by atoms with van der Waals surface area (Å²) in [6.07, 6.45) is 1.19. The fourth-order valence-corrected chi connectivity index (χ4v) is 2.49. The van der Waals surface area contributed by atoms with Crippen LogP contribution in [0.2, 0.25) is 0 Å². The van der Waals surface area contributed by atoms with E-state index < -0.39 is 5.97 Å². The lowest BCUT2D eigenvalue weighted by atomic mass is 10.1. The Labute approximate surface area is 108 Å². The van der Waals surface area contributed by atoms with E-state index in [9.17, 15) is 4.79 Å². The van der Waals surface area contributed by atoms with E-state index in [2.05, 4.69) is 43.0 Å². The topological polar surface area (TPSA) is 40.5 Å². The maximum Gasteiger partial charge on any atom is 0.317 e. The van der Waals surface area contributed by atoms with Gasteiger partial charge in [-0.15, -0.1) is 0 Å². The molecule has 1 aliphatic carbocycles. The molecule has 1 N–H and O–H groups in total. The van der Waals surface area contributed by atoms with Crippen molar-refractivity contribution in [1.82, 2.24) is 4.90 Å². The van der Waals surface area contributed by atoms with Gasteiger partial charge in [0, 0.05) is 12.6 Å². The Balaban J connectivity index is 1.89. The first-order chi connectivity index (χ1) is 8.58. The second-order valence-electron chi connectivity index (χ2n) is 5.43. The van der Waals surface area contributed by atoms with Crippen molar-refractivity contribution in [2.45, 2.75) is 32.2 Å². The third kappa shape index (κ3) is 3.33. The molecule has 0 saturated heterocycles. The molecule has 0 aromatic heterocycles. The Bertz CT molecular complexity index is 402. The average molecular weight is 247 g/mol. The molecule has 0 bridgehead atoms. The van der Waals surface area contributed by atoms with Gasteiger partial charge in [0.15, 0.2) is 0 Å². The van der Waals surface area contributed by atoms with Gasteiger partial charge in [-0.3, -0.25) is 9.69 Å². The second kappa shape index (κ2) is 5.53. The van der Waals surface area contributed by atoms with Crippen LogP contribution in [-0.4, -0.2) is 35.1 Å². The predicted octanol–water partition coefficient (Wildman–Crippen LogP) is 2.59. The highest BCUT2D eigenvalue weighted by Gasteiger charge is 2.39. The highest BCUT2D eigenvalue weighted by atomic mass is 16.4. The van der Waals surface area contributed by atoms with Crippen molar-refractivity contribution in [3.63, 3.8) is 0 Å². The van der Waals surface area contributed by atoms with E-state index in [1.54, 1.807) is 0 Å². The molecule has 0 amide bonds. The van der Waals surface area contributed by atoms with Crippen LogP contribution in [-0.2, 0) is 4.79 Å². The minimum Gasteiger partial charge on any atom is -0.480 e. The van der Waals surface area contributed by atoms with Crippen LogP contribution in [0.1, 0.15) is 31.7 Å². The van der Waals surface area contributed by atoms with Crippen molar-refractivity contribution < 1.29 is 9.90 Å². The minimum atomic E-state index is -0.736. The van der Waals surface area contributed by atoms with E-state index in [1.807, 2.05) is 6.07 Å². The highest BCUT2D eigenvalue weighted by molar-refractivity contribution is 5.69. The van der Waals surface area contributed by atoms with Crippen LogP contribution in [0, 0.1) is 5.92 Å². The maximum atomic E-state index is 10.8. The Morgan fingerprint density at radius 1 is 1.39 bits per heavy atom. The molecule has 0 heterocycles. The van der Waals surface area contributed by atoms with Gasteiger partial charge in [-0.1, -0.05) is 30.3 Å². The number of hydrogen-bond donors (Lipinski definition) is 1. The van der Waals surface area contributed by atoms with Crippen LogP contribution < -0.4 is 0 Å². The van der Waals surface area contributed by atoms with E-state index in [0.717, 1.165) is 6.54 Å². The summed E-state index contributed by atoms with van der Waals surface area (Å²) in [4.78, 5) is 12.9. The summed E-state index contributed by atoms with van der Waals surface area (Å²) in [6, 6.07) is 10.8. The van der Waals surface area contributed by atoms with Crippen molar-refractivity contribution >= 4 is 5.97 Å². The third-order valence-corrected chi connectivity index (χ3v) is 3.69. The molecule has 1 aromatic carbocycles. The zero-order valence-electron chi connectivity index (χ0n) is 11.0. The predicted molar refractivity (Wildman–Crippen MR) is 71.6 cm³/mol. The fraction of sp³-hybridized carbons (Fsp3) is 0.533. The van der Waals surface area contributed by atoms with Crippen molar-refractivity contribution in [2.24, 2.45) is 5.92 Å².